The maximum atomic E-state index is 12.3. The number of anilines is 1. The summed E-state index contributed by atoms with van der Waals surface area (Å²) in [6.07, 6.45) is 1.62. The van der Waals surface area contributed by atoms with Gasteiger partial charge in [0.05, 0.1) is 6.10 Å². The number of aromatic nitrogens is 1. The SMILES string of the molecule is CC(O)C1CCN(S(=O)(=O)c2cccnc2N)C1. The first-order valence-electron chi connectivity index (χ1n) is 5.81. The second-order valence-corrected chi connectivity index (χ2v) is 6.45. The van der Waals surface area contributed by atoms with Crippen molar-refractivity contribution in [3.05, 3.63) is 18.3 Å². The topological polar surface area (TPSA) is 96.5 Å². The fourth-order valence-electron chi connectivity index (χ4n) is 2.13. The smallest absolute Gasteiger partial charge is 0.246 e. The molecule has 7 heteroatoms. The Kier molecular flexibility index (Phi) is 3.56. The minimum absolute atomic E-state index is 0.0120. The Labute approximate surface area is 106 Å². The van der Waals surface area contributed by atoms with Gasteiger partial charge in [0, 0.05) is 19.3 Å². The van der Waals surface area contributed by atoms with Crippen LogP contribution in [-0.4, -0.2) is 42.0 Å². The van der Waals surface area contributed by atoms with Gasteiger partial charge in [-0.05, 0) is 31.4 Å². The Bertz CT molecular complexity index is 530. The number of pyridine rings is 1. The summed E-state index contributed by atoms with van der Waals surface area (Å²) in [5, 5.41) is 9.50. The van der Waals surface area contributed by atoms with Crippen LogP contribution < -0.4 is 5.73 Å². The zero-order valence-electron chi connectivity index (χ0n) is 10.2. The van der Waals surface area contributed by atoms with Crippen molar-refractivity contribution < 1.29 is 13.5 Å². The normalized spacial score (nSPS) is 23.1. The highest BCUT2D eigenvalue weighted by molar-refractivity contribution is 7.89. The molecular formula is C11H17N3O3S. The summed E-state index contributed by atoms with van der Waals surface area (Å²) in [6.45, 7) is 2.42. The fraction of sp³-hybridized carbons (Fsp3) is 0.545. The molecule has 2 unspecified atom stereocenters. The van der Waals surface area contributed by atoms with E-state index in [-0.39, 0.29) is 16.6 Å². The molecule has 0 amide bonds. The molecule has 0 saturated carbocycles. The molecule has 0 aliphatic carbocycles. The summed E-state index contributed by atoms with van der Waals surface area (Å²) < 4.78 is 26.1. The molecule has 2 heterocycles. The molecule has 1 fully saturated rings. The molecule has 1 aromatic heterocycles. The Morgan fingerprint density at radius 2 is 2.33 bits per heavy atom. The van der Waals surface area contributed by atoms with Gasteiger partial charge in [0.25, 0.3) is 0 Å². The number of aliphatic hydroxyl groups excluding tert-OH is 1. The summed E-state index contributed by atoms with van der Waals surface area (Å²) in [6, 6.07) is 3.00. The molecular weight excluding hydrogens is 254 g/mol. The Balaban J connectivity index is 2.26. The van der Waals surface area contributed by atoms with Crippen LogP contribution in [0, 0.1) is 5.92 Å². The molecule has 0 spiro atoms. The zero-order chi connectivity index (χ0) is 13.3. The number of sulfonamides is 1. The monoisotopic (exact) mass is 271 g/mol. The summed E-state index contributed by atoms with van der Waals surface area (Å²) in [5.41, 5.74) is 5.60. The van der Waals surface area contributed by atoms with Gasteiger partial charge in [-0.15, -0.1) is 0 Å². The van der Waals surface area contributed by atoms with Gasteiger partial charge in [-0.25, -0.2) is 13.4 Å². The third-order valence-electron chi connectivity index (χ3n) is 3.29. The van der Waals surface area contributed by atoms with E-state index >= 15 is 0 Å². The first-order chi connectivity index (χ1) is 8.43. The largest absolute Gasteiger partial charge is 0.393 e. The number of nitrogens with two attached hydrogens (primary N) is 1. The van der Waals surface area contributed by atoms with Crippen molar-refractivity contribution in [1.29, 1.82) is 0 Å². The number of hydrogen-bond acceptors (Lipinski definition) is 5. The molecule has 0 bridgehead atoms. The highest BCUT2D eigenvalue weighted by atomic mass is 32.2. The summed E-state index contributed by atoms with van der Waals surface area (Å²) in [7, 11) is -3.60. The van der Waals surface area contributed by atoms with Crippen molar-refractivity contribution in [3.63, 3.8) is 0 Å². The van der Waals surface area contributed by atoms with E-state index in [1.54, 1.807) is 13.0 Å². The minimum atomic E-state index is -3.60. The molecule has 1 aromatic rings. The van der Waals surface area contributed by atoms with Crippen LogP contribution in [0.15, 0.2) is 23.2 Å². The summed E-state index contributed by atoms with van der Waals surface area (Å²) in [5.74, 6) is -0.00401. The average molecular weight is 271 g/mol. The lowest BCUT2D eigenvalue weighted by Crippen LogP contribution is -2.31. The Hall–Kier alpha value is -1.18. The van der Waals surface area contributed by atoms with Crippen molar-refractivity contribution >= 4 is 15.8 Å². The highest BCUT2D eigenvalue weighted by Crippen LogP contribution is 2.27. The van der Waals surface area contributed by atoms with Crippen LogP contribution in [0.3, 0.4) is 0 Å². The molecule has 0 radical (unpaired) electrons. The number of nitrogens with zero attached hydrogens (tertiary/aromatic N) is 2. The van der Waals surface area contributed by atoms with E-state index in [1.165, 1.54) is 16.6 Å². The molecule has 2 atom stereocenters. The highest BCUT2D eigenvalue weighted by Gasteiger charge is 2.35. The van der Waals surface area contributed by atoms with Crippen molar-refractivity contribution in [2.45, 2.75) is 24.3 Å². The first kappa shape index (κ1) is 13.3. The molecule has 18 heavy (non-hydrogen) atoms. The second-order valence-electron chi connectivity index (χ2n) is 4.54. The Morgan fingerprint density at radius 3 is 2.89 bits per heavy atom. The molecule has 6 nitrogen and oxygen atoms in total. The van der Waals surface area contributed by atoms with Gasteiger partial charge in [-0.1, -0.05) is 0 Å². The van der Waals surface area contributed by atoms with E-state index in [1.807, 2.05) is 0 Å². The zero-order valence-corrected chi connectivity index (χ0v) is 11.0. The van der Waals surface area contributed by atoms with E-state index in [0.717, 1.165) is 0 Å². The lowest BCUT2D eigenvalue weighted by Gasteiger charge is -2.18. The summed E-state index contributed by atoms with van der Waals surface area (Å²) >= 11 is 0. The number of hydrogen-bond donors (Lipinski definition) is 2. The van der Waals surface area contributed by atoms with Gasteiger partial charge in [-0.3, -0.25) is 0 Å². The van der Waals surface area contributed by atoms with Crippen molar-refractivity contribution in [1.82, 2.24) is 9.29 Å². The third-order valence-corrected chi connectivity index (χ3v) is 5.20. The maximum absolute atomic E-state index is 12.3. The van der Waals surface area contributed by atoms with Crippen LogP contribution in [0.25, 0.3) is 0 Å². The van der Waals surface area contributed by atoms with Gasteiger partial charge >= 0.3 is 0 Å². The van der Waals surface area contributed by atoms with Crippen molar-refractivity contribution in [3.8, 4) is 0 Å². The maximum Gasteiger partial charge on any atom is 0.246 e. The lowest BCUT2D eigenvalue weighted by molar-refractivity contribution is 0.133. The molecule has 1 aliphatic heterocycles. The van der Waals surface area contributed by atoms with Crippen LogP contribution in [0.2, 0.25) is 0 Å². The molecule has 100 valence electrons. The quantitative estimate of drug-likeness (QED) is 0.810. The van der Waals surface area contributed by atoms with E-state index in [4.69, 9.17) is 5.73 Å². The second kappa shape index (κ2) is 4.83. The molecule has 2 rings (SSSR count). The van der Waals surface area contributed by atoms with Crippen LogP contribution >= 0.6 is 0 Å². The van der Waals surface area contributed by atoms with Crippen LogP contribution in [-0.2, 0) is 10.0 Å². The molecule has 3 N–H and O–H groups in total. The average Bonchev–Trinajstić information content (AvgIpc) is 2.79. The summed E-state index contributed by atoms with van der Waals surface area (Å²) in [4.78, 5) is 3.83. The lowest BCUT2D eigenvalue weighted by atomic mass is 10.0. The predicted octanol–water partition coefficient (Wildman–Crippen LogP) is 0.0552. The Morgan fingerprint density at radius 1 is 1.61 bits per heavy atom. The molecule has 1 saturated heterocycles. The molecule has 0 aromatic carbocycles. The van der Waals surface area contributed by atoms with Crippen LogP contribution in [0.1, 0.15) is 13.3 Å². The van der Waals surface area contributed by atoms with Crippen molar-refractivity contribution in [2.75, 3.05) is 18.8 Å². The number of nitrogen functional groups attached to an aromatic ring is 1. The van der Waals surface area contributed by atoms with E-state index in [2.05, 4.69) is 4.98 Å². The van der Waals surface area contributed by atoms with E-state index in [0.29, 0.717) is 19.5 Å². The first-order valence-corrected chi connectivity index (χ1v) is 7.25. The van der Waals surface area contributed by atoms with Gasteiger partial charge in [-0.2, -0.15) is 4.31 Å². The molecule has 1 aliphatic rings. The standard InChI is InChI=1S/C11H17N3O3S/c1-8(15)9-4-6-14(7-9)18(16,17)10-3-2-5-13-11(10)12/h2-3,5,8-9,15H,4,6-7H2,1H3,(H2,12,13). The minimum Gasteiger partial charge on any atom is -0.393 e. The third kappa shape index (κ3) is 2.33. The van der Waals surface area contributed by atoms with Gasteiger partial charge in [0.15, 0.2) is 0 Å². The van der Waals surface area contributed by atoms with E-state index in [9.17, 15) is 13.5 Å². The van der Waals surface area contributed by atoms with Crippen LogP contribution in [0.4, 0.5) is 5.82 Å². The number of rotatable bonds is 3. The fourth-order valence-corrected chi connectivity index (χ4v) is 3.71. The number of aliphatic hydroxyl groups is 1. The van der Waals surface area contributed by atoms with Gasteiger partial charge in [0.1, 0.15) is 10.7 Å². The van der Waals surface area contributed by atoms with Crippen LogP contribution in [0.5, 0.6) is 0 Å². The van der Waals surface area contributed by atoms with E-state index < -0.39 is 16.1 Å². The van der Waals surface area contributed by atoms with Crippen molar-refractivity contribution in [2.24, 2.45) is 5.92 Å². The predicted molar refractivity (Wildman–Crippen MR) is 67.2 cm³/mol. The van der Waals surface area contributed by atoms with Gasteiger partial charge in [0.2, 0.25) is 10.0 Å². The van der Waals surface area contributed by atoms with Gasteiger partial charge < -0.3 is 10.8 Å².